The standard InChI is InChI=1S/C8H10INO3S/c9-7-1-5(4-14-7)8(13)10-2-6(12)3-11/h1,4,6,11-12H,2-3H2,(H,10,13). The first-order valence-corrected chi connectivity index (χ1v) is 5.90. The average Bonchev–Trinajstić information content (AvgIpc) is 2.60. The number of hydrogen-bond donors (Lipinski definition) is 3. The molecule has 0 radical (unpaired) electrons. The molecule has 1 aromatic rings. The van der Waals surface area contributed by atoms with Gasteiger partial charge in [0, 0.05) is 11.9 Å². The van der Waals surface area contributed by atoms with Gasteiger partial charge in [0.25, 0.3) is 5.91 Å². The molecule has 0 aliphatic rings. The van der Waals surface area contributed by atoms with E-state index in [2.05, 4.69) is 27.9 Å². The van der Waals surface area contributed by atoms with Crippen LogP contribution in [0, 0.1) is 2.88 Å². The number of aliphatic hydroxyl groups is 2. The van der Waals surface area contributed by atoms with Gasteiger partial charge in [0.1, 0.15) is 0 Å². The van der Waals surface area contributed by atoms with E-state index in [4.69, 9.17) is 10.2 Å². The van der Waals surface area contributed by atoms with Crippen LogP contribution in [-0.4, -0.2) is 35.4 Å². The third-order valence-electron chi connectivity index (χ3n) is 1.54. The molecule has 1 aromatic heterocycles. The number of hydrogen-bond acceptors (Lipinski definition) is 4. The van der Waals surface area contributed by atoms with Gasteiger partial charge in [0.2, 0.25) is 0 Å². The van der Waals surface area contributed by atoms with Gasteiger partial charge in [-0.15, -0.1) is 11.3 Å². The van der Waals surface area contributed by atoms with E-state index in [-0.39, 0.29) is 19.1 Å². The molecule has 1 rings (SSSR count). The molecule has 1 atom stereocenters. The zero-order valence-electron chi connectivity index (χ0n) is 7.24. The van der Waals surface area contributed by atoms with Crippen LogP contribution in [0.1, 0.15) is 10.4 Å². The second kappa shape index (κ2) is 5.64. The number of carbonyl (C=O) groups is 1. The van der Waals surface area contributed by atoms with Crippen molar-refractivity contribution in [3.05, 3.63) is 19.9 Å². The predicted octanol–water partition coefficient (Wildman–Crippen LogP) is 0.436. The van der Waals surface area contributed by atoms with Crippen LogP contribution in [-0.2, 0) is 0 Å². The molecule has 0 aromatic carbocycles. The van der Waals surface area contributed by atoms with Crippen LogP contribution in [0.4, 0.5) is 0 Å². The van der Waals surface area contributed by atoms with Crippen molar-refractivity contribution in [2.45, 2.75) is 6.10 Å². The summed E-state index contributed by atoms with van der Waals surface area (Å²) >= 11 is 3.62. The Morgan fingerprint density at radius 3 is 2.93 bits per heavy atom. The molecule has 0 fully saturated rings. The van der Waals surface area contributed by atoms with Gasteiger partial charge in [0.05, 0.1) is 21.2 Å². The van der Waals surface area contributed by atoms with Crippen LogP contribution in [0.2, 0.25) is 0 Å². The van der Waals surface area contributed by atoms with Crippen molar-refractivity contribution < 1.29 is 15.0 Å². The van der Waals surface area contributed by atoms with E-state index in [1.165, 1.54) is 11.3 Å². The number of rotatable bonds is 4. The fourth-order valence-corrected chi connectivity index (χ4v) is 2.13. The van der Waals surface area contributed by atoms with Crippen molar-refractivity contribution in [3.63, 3.8) is 0 Å². The molecule has 0 spiro atoms. The molecular weight excluding hydrogens is 317 g/mol. The summed E-state index contributed by atoms with van der Waals surface area (Å²) in [6.45, 7) is -0.275. The summed E-state index contributed by atoms with van der Waals surface area (Å²) in [6.07, 6.45) is -0.892. The van der Waals surface area contributed by atoms with Gasteiger partial charge in [-0.25, -0.2) is 0 Å². The summed E-state index contributed by atoms with van der Waals surface area (Å²) in [5.41, 5.74) is 0.588. The summed E-state index contributed by atoms with van der Waals surface area (Å²) in [5.74, 6) is -0.225. The Kier molecular flexibility index (Phi) is 4.79. The van der Waals surface area contributed by atoms with E-state index in [9.17, 15) is 4.79 Å². The van der Waals surface area contributed by atoms with E-state index in [1.54, 1.807) is 11.4 Å². The first-order valence-electron chi connectivity index (χ1n) is 3.94. The molecule has 0 aliphatic heterocycles. The van der Waals surface area contributed by atoms with Gasteiger partial charge in [-0.05, 0) is 28.7 Å². The van der Waals surface area contributed by atoms with Gasteiger partial charge >= 0.3 is 0 Å². The van der Waals surface area contributed by atoms with Gasteiger partial charge in [0.15, 0.2) is 0 Å². The van der Waals surface area contributed by atoms with Crippen molar-refractivity contribution in [2.75, 3.05) is 13.2 Å². The van der Waals surface area contributed by atoms with Crippen LogP contribution in [0.15, 0.2) is 11.4 Å². The molecule has 6 heteroatoms. The largest absolute Gasteiger partial charge is 0.394 e. The van der Waals surface area contributed by atoms with Crippen molar-refractivity contribution in [1.82, 2.24) is 5.32 Å². The third-order valence-corrected chi connectivity index (χ3v) is 3.33. The lowest BCUT2D eigenvalue weighted by Gasteiger charge is -2.07. The Labute approximate surface area is 99.1 Å². The van der Waals surface area contributed by atoms with E-state index in [0.29, 0.717) is 5.56 Å². The first-order chi connectivity index (χ1) is 6.63. The minimum absolute atomic E-state index is 0.0712. The molecule has 1 unspecified atom stereocenters. The van der Waals surface area contributed by atoms with Gasteiger partial charge in [-0.2, -0.15) is 0 Å². The zero-order valence-corrected chi connectivity index (χ0v) is 10.2. The molecule has 14 heavy (non-hydrogen) atoms. The highest BCUT2D eigenvalue weighted by Crippen LogP contribution is 2.16. The Morgan fingerprint density at radius 2 is 2.43 bits per heavy atom. The maximum atomic E-state index is 11.4. The molecular formula is C8H10INO3S. The highest BCUT2D eigenvalue weighted by atomic mass is 127. The summed E-state index contributed by atoms with van der Waals surface area (Å²) in [6, 6.07) is 1.77. The normalized spacial score (nSPS) is 12.5. The number of nitrogens with one attached hydrogen (secondary N) is 1. The number of aliphatic hydroxyl groups excluding tert-OH is 2. The SMILES string of the molecule is O=C(NCC(O)CO)c1csc(I)c1. The number of carbonyl (C=O) groups excluding carboxylic acids is 1. The molecule has 0 aliphatic carbocycles. The number of halogens is 1. The highest BCUT2D eigenvalue weighted by molar-refractivity contribution is 14.1. The van der Waals surface area contributed by atoms with Crippen LogP contribution >= 0.6 is 33.9 Å². The van der Waals surface area contributed by atoms with Crippen molar-refractivity contribution >= 4 is 39.8 Å². The quantitative estimate of drug-likeness (QED) is 0.703. The summed E-state index contributed by atoms with van der Waals surface area (Å²) in [7, 11) is 0. The Morgan fingerprint density at radius 1 is 1.71 bits per heavy atom. The molecule has 3 N–H and O–H groups in total. The van der Waals surface area contributed by atoms with Crippen LogP contribution in [0.5, 0.6) is 0 Å². The second-order valence-corrected chi connectivity index (χ2v) is 5.49. The van der Waals surface area contributed by atoms with E-state index >= 15 is 0 Å². The van der Waals surface area contributed by atoms with Crippen LogP contribution in [0.3, 0.4) is 0 Å². The van der Waals surface area contributed by atoms with Gasteiger partial charge in [-0.1, -0.05) is 0 Å². The maximum Gasteiger partial charge on any atom is 0.252 e. The molecule has 1 heterocycles. The predicted molar refractivity (Wildman–Crippen MR) is 62.5 cm³/mol. The highest BCUT2D eigenvalue weighted by Gasteiger charge is 2.09. The second-order valence-electron chi connectivity index (χ2n) is 2.69. The molecule has 0 bridgehead atoms. The zero-order chi connectivity index (χ0) is 10.6. The molecule has 0 saturated heterocycles. The summed E-state index contributed by atoms with van der Waals surface area (Å²) in [4.78, 5) is 11.4. The van der Waals surface area contributed by atoms with E-state index in [1.807, 2.05) is 0 Å². The molecule has 0 saturated carbocycles. The monoisotopic (exact) mass is 327 g/mol. The fraction of sp³-hybridized carbons (Fsp3) is 0.375. The van der Waals surface area contributed by atoms with Crippen molar-refractivity contribution in [2.24, 2.45) is 0 Å². The average molecular weight is 327 g/mol. The lowest BCUT2D eigenvalue weighted by atomic mass is 10.3. The minimum Gasteiger partial charge on any atom is -0.394 e. The smallest absolute Gasteiger partial charge is 0.252 e. The topological polar surface area (TPSA) is 69.6 Å². The van der Waals surface area contributed by atoms with Gasteiger partial charge < -0.3 is 15.5 Å². The van der Waals surface area contributed by atoms with Crippen molar-refractivity contribution in [3.8, 4) is 0 Å². The maximum absolute atomic E-state index is 11.4. The summed E-state index contributed by atoms with van der Waals surface area (Å²) < 4.78 is 1.04. The molecule has 1 amide bonds. The fourth-order valence-electron chi connectivity index (χ4n) is 0.806. The van der Waals surface area contributed by atoms with E-state index < -0.39 is 6.10 Å². The Balaban J connectivity index is 2.43. The van der Waals surface area contributed by atoms with Gasteiger partial charge in [-0.3, -0.25) is 4.79 Å². The Hall–Kier alpha value is -0.180. The minimum atomic E-state index is -0.892. The van der Waals surface area contributed by atoms with Crippen LogP contribution < -0.4 is 5.32 Å². The number of amides is 1. The molecule has 4 nitrogen and oxygen atoms in total. The summed E-state index contributed by atoms with van der Waals surface area (Å²) in [5, 5.41) is 21.8. The lowest BCUT2D eigenvalue weighted by molar-refractivity contribution is 0.0802. The lowest BCUT2D eigenvalue weighted by Crippen LogP contribution is -2.33. The third kappa shape index (κ3) is 3.52. The van der Waals surface area contributed by atoms with Crippen LogP contribution in [0.25, 0.3) is 0 Å². The first kappa shape index (κ1) is 11.9. The Bertz CT molecular complexity index is 315. The molecule has 78 valence electrons. The van der Waals surface area contributed by atoms with E-state index in [0.717, 1.165) is 2.88 Å². The number of thiophene rings is 1. The van der Waals surface area contributed by atoms with Crippen molar-refractivity contribution in [1.29, 1.82) is 0 Å².